The predicted octanol–water partition coefficient (Wildman–Crippen LogP) is 1.84. The first-order valence-electron chi connectivity index (χ1n) is 7.81. The van der Waals surface area contributed by atoms with Gasteiger partial charge in [-0.1, -0.05) is 12.1 Å². The normalized spacial score (nSPS) is 21.9. The van der Waals surface area contributed by atoms with E-state index in [1.165, 1.54) is 10.9 Å². The van der Waals surface area contributed by atoms with Crippen molar-refractivity contribution >= 4 is 10.9 Å². The molecule has 1 unspecified atom stereocenters. The Labute approximate surface area is 129 Å². The van der Waals surface area contributed by atoms with Crippen molar-refractivity contribution in [2.45, 2.75) is 12.6 Å². The largest absolute Gasteiger partial charge is 0.488 e. The number of benzene rings is 1. The summed E-state index contributed by atoms with van der Waals surface area (Å²) < 4.78 is 16.5. The van der Waals surface area contributed by atoms with Crippen LogP contribution in [0.5, 0.6) is 5.75 Å². The van der Waals surface area contributed by atoms with Crippen LogP contribution in [0.3, 0.4) is 0 Å². The van der Waals surface area contributed by atoms with E-state index in [-0.39, 0.29) is 6.10 Å². The quantitative estimate of drug-likeness (QED) is 0.789. The highest BCUT2D eigenvalue weighted by Gasteiger charge is 2.23. The van der Waals surface area contributed by atoms with Crippen LogP contribution in [-0.4, -0.2) is 55.5 Å². The highest BCUT2D eigenvalue weighted by Crippen LogP contribution is 2.28. The highest BCUT2D eigenvalue weighted by atomic mass is 16.6. The lowest BCUT2D eigenvalue weighted by atomic mass is 10.1. The summed E-state index contributed by atoms with van der Waals surface area (Å²) in [6, 6.07) is 8.30. The number of pyridine rings is 1. The molecule has 2 aliphatic rings. The Bertz CT molecular complexity index is 651. The average Bonchev–Trinajstić information content (AvgIpc) is 3.39. The Kier molecular flexibility index (Phi) is 3.93. The molecule has 2 aromatic rings. The second-order valence-corrected chi connectivity index (χ2v) is 5.78. The first kappa shape index (κ1) is 13.9. The van der Waals surface area contributed by atoms with Crippen LogP contribution in [0.15, 0.2) is 30.5 Å². The molecule has 2 fully saturated rings. The average molecular weight is 300 g/mol. The smallest absolute Gasteiger partial charge is 0.145 e. The summed E-state index contributed by atoms with van der Waals surface area (Å²) in [5.41, 5.74) is 2.23. The number of nitrogens with zero attached hydrogens (tertiary/aromatic N) is 2. The molecule has 0 saturated carbocycles. The molecule has 0 bridgehead atoms. The molecular weight excluding hydrogens is 280 g/mol. The summed E-state index contributed by atoms with van der Waals surface area (Å²) in [4.78, 5) is 6.94. The Morgan fingerprint density at radius 1 is 1.23 bits per heavy atom. The van der Waals surface area contributed by atoms with Gasteiger partial charge in [0, 0.05) is 31.2 Å². The van der Waals surface area contributed by atoms with E-state index in [4.69, 9.17) is 14.2 Å². The molecule has 0 amide bonds. The van der Waals surface area contributed by atoms with Crippen LogP contribution >= 0.6 is 0 Å². The van der Waals surface area contributed by atoms with E-state index in [1.54, 1.807) is 0 Å². The minimum atomic E-state index is 0.256. The first-order valence-corrected chi connectivity index (χ1v) is 7.81. The zero-order valence-corrected chi connectivity index (χ0v) is 12.5. The van der Waals surface area contributed by atoms with Crippen LogP contribution in [0.2, 0.25) is 0 Å². The first-order chi connectivity index (χ1) is 10.9. The van der Waals surface area contributed by atoms with Crippen molar-refractivity contribution in [3.05, 3.63) is 36.0 Å². The molecule has 1 atom stereocenters. The van der Waals surface area contributed by atoms with Crippen LogP contribution < -0.4 is 4.74 Å². The number of fused-ring (bicyclic) bond motifs is 1. The van der Waals surface area contributed by atoms with E-state index in [9.17, 15) is 0 Å². The fraction of sp³-hybridized carbons (Fsp3) is 0.471. The second kappa shape index (κ2) is 6.20. The molecule has 1 aromatic heterocycles. The molecule has 2 aliphatic heterocycles. The van der Waals surface area contributed by atoms with Crippen LogP contribution in [0.25, 0.3) is 10.9 Å². The highest BCUT2D eigenvalue weighted by molar-refractivity contribution is 5.87. The Morgan fingerprint density at radius 3 is 2.91 bits per heavy atom. The van der Waals surface area contributed by atoms with Crippen molar-refractivity contribution in [3.8, 4) is 5.75 Å². The molecule has 0 N–H and O–H groups in total. The van der Waals surface area contributed by atoms with Crippen LogP contribution in [0.4, 0.5) is 0 Å². The van der Waals surface area contributed by atoms with E-state index in [1.807, 2.05) is 18.3 Å². The minimum absolute atomic E-state index is 0.256. The third-order valence-electron chi connectivity index (χ3n) is 4.15. The van der Waals surface area contributed by atoms with Gasteiger partial charge < -0.3 is 14.2 Å². The Balaban J connectivity index is 1.59. The SMILES string of the molecule is c1cnc2c(OCC3CO3)ccc(CN3CCOCC3)c2c1. The number of morpholine rings is 1. The minimum Gasteiger partial charge on any atom is -0.488 e. The number of rotatable bonds is 5. The van der Waals surface area contributed by atoms with Gasteiger partial charge >= 0.3 is 0 Å². The van der Waals surface area contributed by atoms with Gasteiger partial charge in [-0.2, -0.15) is 0 Å². The zero-order chi connectivity index (χ0) is 14.8. The lowest BCUT2D eigenvalue weighted by Crippen LogP contribution is -2.35. The predicted molar refractivity (Wildman–Crippen MR) is 83.1 cm³/mol. The zero-order valence-electron chi connectivity index (χ0n) is 12.5. The summed E-state index contributed by atoms with van der Waals surface area (Å²) in [7, 11) is 0. The van der Waals surface area contributed by atoms with E-state index in [0.29, 0.717) is 6.61 Å². The van der Waals surface area contributed by atoms with Gasteiger partial charge in [0.1, 0.15) is 24.0 Å². The lowest BCUT2D eigenvalue weighted by Gasteiger charge is -2.27. The molecule has 5 heteroatoms. The fourth-order valence-electron chi connectivity index (χ4n) is 2.81. The maximum absolute atomic E-state index is 5.87. The van der Waals surface area contributed by atoms with Gasteiger partial charge in [0.15, 0.2) is 0 Å². The van der Waals surface area contributed by atoms with Gasteiger partial charge in [-0.3, -0.25) is 9.88 Å². The van der Waals surface area contributed by atoms with Crippen LogP contribution in [-0.2, 0) is 16.0 Å². The molecule has 1 aromatic carbocycles. The number of aromatic nitrogens is 1. The Hall–Kier alpha value is -1.69. The third-order valence-corrected chi connectivity index (χ3v) is 4.15. The van der Waals surface area contributed by atoms with Crippen molar-refractivity contribution in [2.75, 3.05) is 39.5 Å². The molecule has 3 heterocycles. The molecule has 0 aliphatic carbocycles. The topological polar surface area (TPSA) is 47.1 Å². The maximum Gasteiger partial charge on any atom is 0.145 e. The third kappa shape index (κ3) is 3.06. The molecule has 0 radical (unpaired) electrons. The molecule has 2 saturated heterocycles. The van der Waals surface area contributed by atoms with Crippen molar-refractivity contribution in [1.82, 2.24) is 9.88 Å². The molecule has 0 spiro atoms. The van der Waals surface area contributed by atoms with Gasteiger partial charge in [-0.15, -0.1) is 0 Å². The van der Waals surface area contributed by atoms with Crippen LogP contribution in [0, 0.1) is 0 Å². The summed E-state index contributed by atoms with van der Waals surface area (Å²) in [6.07, 6.45) is 2.08. The number of hydrogen-bond acceptors (Lipinski definition) is 5. The van der Waals surface area contributed by atoms with E-state index >= 15 is 0 Å². The van der Waals surface area contributed by atoms with E-state index in [2.05, 4.69) is 22.0 Å². The van der Waals surface area contributed by atoms with Gasteiger partial charge in [0.05, 0.1) is 19.8 Å². The van der Waals surface area contributed by atoms with Crippen molar-refractivity contribution in [3.63, 3.8) is 0 Å². The van der Waals surface area contributed by atoms with Gasteiger partial charge in [-0.25, -0.2) is 0 Å². The fourth-order valence-corrected chi connectivity index (χ4v) is 2.81. The van der Waals surface area contributed by atoms with Gasteiger partial charge in [-0.05, 0) is 17.7 Å². The summed E-state index contributed by atoms with van der Waals surface area (Å²) >= 11 is 0. The Morgan fingerprint density at radius 2 is 2.09 bits per heavy atom. The monoisotopic (exact) mass is 300 g/mol. The summed E-state index contributed by atoms with van der Waals surface area (Å²) in [5, 5.41) is 1.17. The number of hydrogen-bond donors (Lipinski definition) is 0. The standard InChI is InChI=1S/C17H20N2O3/c1-2-15-13(10-19-6-8-20-9-7-19)3-4-16(17(15)18-5-1)22-12-14-11-21-14/h1-5,14H,6-12H2. The van der Waals surface area contributed by atoms with Crippen molar-refractivity contribution < 1.29 is 14.2 Å². The molecular formula is C17H20N2O3. The van der Waals surface area contributed by atoms with Gasteiger partial charge in [0.2, 0.25) is 0 Å². The molecule has 4 rings (SSSR count). The number of epoxide rings is 1. The maximum atomic E-state index is 5.87. The molecule has 5 nitrogen and oxygen atoms in total. The summed E-state index contributed by atoms with van der Waals surface area (Å²) in [6.45, 7) is 5.95. The van der Waals surface area contributed by atoms with Crippen molar-refractivity contribution in [2.24, 2.45) is 0 Å². The van der Waals surface area contributed by atoms with Crippen LogP contribution in [0.1, 0.15) is 5.56 Å². The van der Waals surface area contributed by atoms with Crippen molar-refractivity contribution in [1.29, 1.82) is 0 Å². The summed E-state index contributed by atoms with van der Waals surface area (Å²) in [5.74, 6) is 0.844. The molecule has 116 valence electrons. The lowest BCUT2D eigenvalue weighted by molar-refractivity contribution is 0.0343. The second-order valence-electron chi connectivity index (χ2n) is 5.78. The number of ether oxygens (including phenoxy) is 3. The van der Waals surface area contributed by atoms with E-state index in [0.717, 1.165) is 50.7 Å². The van der Waals surface area contributed by atoms with E-state index < -0.39 is 0 Å². The van der Waals surface area contributed by atoms with Gasteiger partial charge in [0.25, 0.3) is 0 Å². The molecule has 22 heavy (non-hydrogen) atoms.